The summed E-state index contributed by atoms with van der Waals surface area (Å²) >= 11 is 0. The monoisotopic (exact) mass is 430 g/mol. The van der Waals surface area contributed by atoms with E-state index in [-0.39, 0.29) is 23.1 Å². The average Bonchev–Trinajstić information content (AvgIpc) is 2.75. The minimum atomic E-state index is -3.33. The summed E-state index contributed by atoms with van der Waals surface area (Å²) in [5, 5.41) is 11.7. The molecule has 7 nitrogen and oxygen atoms in total. The number of carboxylic acid groups (broad SMARTS) is 1. The molecule has 1 saturated heterocycles. The largest absolute Gasteiger partial charge is 0.478 e. The number of hydrogen-bond acceptors (Lipinski definition) is 4. The number of nitrogens with one attached hydrogen (secondary N) is 1. The maximum atomic E-state index is 12.6. The Labute approximate surface area is 176 Å². The van der Waals surface area contributed by atoms with Gasteiger partial charge in [-0.15, -0.1) is 0 Å². The van der Waals surface area contributed by atoms with Gasteiger partial charge in [-0.05, 0) is 55.5 Å². The molecule has 0 aliphatic carbocycles. The summed E-state index contributed by atoms with van der Waals surface area (Å²) in [5.74, 6) is -1.35. The van der Waals surface area contributed by atoms with E-state index in [1.54, 1.807) is 12.1 Å². The molecule has 2 aromatic rings. The van der Waals surface area contributed by atoms with Gasteiger partial charge in [-0.1, -0.05) is 30.3 Å². The van der Waals surface area contributed by atoms with E-state index in [0.717, 1.165) is 12.0 Å². The Morgan fingerprint density at radius 3 is 2.23 bits per heavy atom. The van der Waals surface area contributed by atoms with Crippen molar-refractivity contribution in [1.29, 1.82) is 0 Å². The van der Waals surface area contributed by atoms with Crippen LogP contribution < -0.4 is 5.32 Å². The second kappa shape index (κ2) is 9.86. The van der Waals surface area contributed by atoms with Gasteiger partial charge in [-0.3, -0.25) is 4.79 Å². The van der Waals surface area contributed by atoms with Crippen molar-refractivity contribution in [2.45, 2.75) is 25.7 Å². The van der Waals surface area contributed by atoms with Crippen LogP contribution in [0.2, 0.25) is 0 Å². The van der Waals surface area contributed by atoms with Crippen molar-refractivity contribution in [3.63, 3.8) is 0 Å². The van der Waals surface area contributed by atoms with E-state index in [9.17, 15) is 18.0 Å². The molecule has 0 bridgehead atoms. The lowest BCUT2D eigenvalue weighted by Crippen LogP contribution is -2.42. The number of benzene rings is 2. The zero-order valence-corrected chi connectivity index (χ0v) is 17.5. The van der Waals surface area contributed by atoms with Crippen LogP contribution >= 0.6 is 0 Å². The number of carboxylic acids is 1. The Morgan fingerprint density at radius 2 is 1.63 bits per heavy atom. The number of sulfonamides is 1. The third-order valence-electron chi connectivity index (χ3n) is 5.33. The lowest BCUT2D eigenvalue weighted by Gasteiger charge is -2.30. The van der Waals surface area contributed by atoms with Crippen molar-refractivity contribution in [3.05, 3.63) is 65.7 Å². The van der Waals surface area contributed by atoms with E-state index < -0.39 is 16.0 Å². The number of anilines is 1. The molecule has 0 atom stereocenters. The van der Waals surface area contributed by atoms with Crippen LogP contribution in [0.5, 0.6) is 0 Å². The highest BCUT2D eigenvalue weighted by molar-refractivity contribution is 7.89. The SMILES string of the molecule is O=C(O)c1ccc(NC(=O)C2CCN(S(=O)(=O)CCCc3ccccc3)CC2)cc1. The van der Waals surface area contributed by atoms with Crippen LogP contribution in [0.25, 0.3) is 0 Å². The summed E-state index contributed by atoms with van der Waals surface area (Å²) in [7, 11) is -3.33. The minimum Gasteiger partial charge on any atom is -0.478 e. The first-order valence-corrected chi connectivity index (χ1v) is 11.6. The number of aryl methyl sites for hydroxylation is 1. The molecule has 1 heterocycles. The maximum absolute atomic E-state index is 12.6. The van der Waals surface area contributed by atoms with Crippen LogP contribution in [-0.4, -0.2) is 48.5 Å². The summed E-state index contributed by atoms with van der Waals surface area (Å²) in [6.45, 7) is 0.674. The van der Waals surface area contributed by atoms with Gasteiger partial charge in [0.2, 0.25) is 15.9 Å². The van der Waals surface area contributed by atoms with Crippen LogP contribution in [-0.2, 0) is 21.2 Å². The van der Waals surface area contributed by atoms with Crippen molar-refractivity contribution >= 4 is 27.6 Å². The molecule has 2 aromatic carbocycles. The zero-order valence-electron chi connectivity index (χ0n) is 16.7. The van der Waals surface area contributed by atoms with Crippen molar-refractivity contribution in [2.24, 2.45) is 5.92 Å². The van der Waals surface area contributed by atoms with Crippen LogP contribution in [0.1, 0.15) is 35.2 Å². The van der Waals surface area contributed by atoms with Crippen molar-refractivity contribution in [1.82, 2.24) is 4.31 Å². The molecule has 8 heteroatoms. The molecule has 0 saturated carbocycles. The first kappa shape index (κ1) is 22.0. The molecule has 0 unspecified atom stereocenters. The fourth-order valence-electron chi connectivity index (χ4n) is 3.57. The number of rotatable bonds is 8. The number of piperidine rings is 1. The van der Waals surface area contributed by atoms with Crippen LogP contribution in [0.3, 0.4) is 0 Å². The molecular weight excluding hydrogens is 404 g/mol. The number of carbonyl (C=O) groups excluding carboxylic acids is 1. The quantitative estimate of drug-likeness (QED) is 0.670. The second-order valence-corrected chi connectivity index (χ2v) is 9.54. The minimum absolute atomic E-state index is 0.106. The first-order valence-electron chi connectivity index (χ1n) is 10.0. The summed E-state index contributed by atoms with van der Waals surface area (Å²) in [6, 6.07) is 15.8. The van der Waals surface area contributed by atoms with Gasteiger partial charge in [0.15, 0.2) is 0 Å². The Balaban J connectivity index is 1.46. The highest BCUT2D eigenvalue weighted by Gasteiger charge is 2.30. The molecule has 2 N–H and O–H groups in total. The number of amides is 1. The molecule has 0 radical (unpaired) electrons. The highest BCUT2D eigenvalue weighted by Crippen LogP contribution is 2.22. The van der Waals surface area contributed by atoms with Crippen LogP contribution in [0, 0.1) is 5.92 Å². The van der Waals surface area contributed by atoms with E-state index in [1.165, 1.54) is 16.4 Å². The Bertz CT molecular complexity index is 966. The second-order valence-electron chi connectivity index (χ2n) is 7.45. The molecule has 1 aliphatic rings. The topological polar surface area (TPSA) is 104 Å². The fraction of sp³-hybridized carbons (Fsp3) is 0.364. The van der Waals surface area contributed by atoms with Gasteiger partial charge in [0.1, 0.15) is 0 Å². The zero-order chi connectivity index (χ0) is 21.6. The molecule has 3 rings (SSSR count). The summed E-state index contributed by atoms with van der Waals surface area (Å²) < 4.78 is 26.7. The Kier molecular flexibility index (Phi) is 7.23. The summed E-state index contributed by atoms with van der Waals surface area (Å²) in [5.41, 5.74) is 1.80. The van der Waals surface area contributed by atoms with Crippen molar-refractivity contribution in [3.8, 4) is 0 Å². The van der Waals surface area contributed by atoms with Crippen LogP contribution in [0.15, 0.2) is 54.6 Å². The van der Waals surface area contributed by atoms with Crippen molar-refractivity contribution in [2.75, 3.05) is 24.2 Å². The van der Waals surface area contributed by atoms with Gasteiger partial charge in [0.25, 0.3) is 0 Å². The number of aromatic carboxylic acids is 1. The van der Waals surface area contributed by atoms with Gasteiger partial charge < -0.3 is 10.4 Å². The van der Waals surface area contributed by atoms with E-state index in [2.05, 4.69) is 5.32 Å². The van der Waals surface area contributed by atoms with Gasteiger partial charge >= 0.3 is 5.97 Å². The normalized spacial score (nSPS) is 15.6. The maximum Gasteiger partial charge on any atom is 0.335 e. The molecule has 0 spiro atoms. The van der Waals surface area contributed by atoms with E-state index >= 15 is 0 Å². The summed E-state index contributed by atoms with van der Waals surface area (Å²) in [6.07, 6.45) is 2.23. The third-order valence-corrected chi connectivity index (χ3v) is 7.28. The summed E-state index contributed by atoms with van der Waals surface area (Å²) in [4.78, 5) is 23.4. The van der Waals surface area contributed by atoms with Crippen LogP contribution in [0.4, 0.5) is 5.69 Å². The smallest absolute Gasteiger partial charge is 0.335 e. The molecule has 30 heavy (non-hydrogen) atoms. The molecular formula is C22H26N2O5S. The molecule has 1 aliphatic heterocycles. The predicted octanol–water partition coefficient (Wildman–Crippen LogP) is 3.00. The molecule has 1 amide bonds. The molecule has 1 fully saturated rings. The van der Waals surface area contributed by atoms with E-state index in [1.807, 2.05) is 30.3 Å². The van der Waals surface area contributed by atoms with Gasteiger partial charge in [-0.25, -0.2) is 17.5 Å². The first-order chi connectivity index (χ1) is 14.3. The van der Waals surface area contributed by atoms with Gasteiger partial charge in [-0.2, -0.15) is 0 Å². The molecule has 0 aromatic heterocycles. The highest BCUT2D eigenvalue weighted by atomic mass is 32.2. The number of hydrogen-bond donors (Lipinski definition) is 2. The Morgan fingerprint density at radius 1 is 1.00 bits per heavy atom. The Hall–Kier alpha value is -2.71. The average molecular weight is 431 g/mol. The molecule has 160 valence electrons. The van der Waals surface area contributed by atoms with Crippen molar-refractivity contribution < 1.29 is 23.1 Å². The number of carbonyl (C=O) groups is 2. The lowest BCUT2D eigenvalue weighted by atomic mass is 9.97. The third kappa shape index (κ3) is 5.90. The van der Waals surface area contributed by atoms with Gasteiger partial charge in [0, 0.05) is 24.7 Å². The standard InChI is InChI=1S/C22H26N2O5S/c25-21(23-20-10-8-19(9-11-20)22(26)27)18-12-14-24(15-13-18)30(28,29)16-4-7-17-5-2-1-3-6-17/h1-3,5-6,8-11,18H,4,7,12-16H2,(H,23,25)(H,26,27). The van der Waals surface area contributed by atoms with E-state index in [4.69, 9.17) is 5.11 Å². The van der Waals surface area contributed by atoms with Gasteiger partial charge in [0.05, 0.1) is 11.3 Å². The van der Waals surface area contributed by atoms with E-state index in [0.29, 0.717) is 38.0 Å². The predicted molar refractivity (Wildman–Crippen MR) is 115 cm³/mol. The number of nitrogens with zero attached hydrogens (tertiary/aromatic N) is 1. The fourth-order valence-corrected chi connectivity index (χ4v) is 5.10. The lowest BCUT2D eigenvalue weighted by molar-refractivity contribution is -0.120.